The van der Waals surface area contributed by atoms with Crippen LogP contribution >= 0.6 is 11.6 Å². The summed E-state index contributed by atoms with van der Waals surface area (Å²) >= 11 is 6.47. The molecule has 0 saturated heterocycles. The van der Waals surface area contributed by atoms with Crippen molar-refractivity contribution < 1.29 is 4.79 Å². The number of ketones is 1. The fourth-order valence-electron chi connectivity index (χ4n) is 3.20. The molecule has 0 aliphatic carbocycles. The predicted octanol–water partition coefficient (Wildman–Crippen LogP) is 6.91. The topological polar surface area (TPSA) is 17.1 Å². The van der Waals surface area contributed by atoms with Crippen molar-refractivity contribution in [2.24, 2.45) is 0 Å². The van der Waals surface area contributed by atoms with E-state index in [0.717, 1.165) is 22.3 Å². The Morgan fingerprint density at radius 2 is 1.22 bits per heavy atom. The van der Waals surface area contributed by atoms with Gasteiger partial charge in [0.25, 0.3) is 0 Å². The van der Waals surface area contributed by atoms with Crippen LogP contribution in [0.1, 0.15) is 15.9 Å². The summed E-state index contributed by atoms with van der Waals surface area (Å²) in [5.41, 5.74) is 5.17. The molecule has 4 aromatic rings. The molecule has 130 valence electrons. The molecule has 0 fully saturated rings. The average molecular weight is 369 g/mol. The van der Waals surface area contributed by atoms with Gasteiger partial charge in [-0.25, -0.2) is 0 Å². The van der Waals surface area contributed by atoms with Gasteiger partial charge in [-0.2, -0.15) is 0 Å². The molecule has 4 rings (SSSR count). The van der Waals surface area contributed by atoms with Crippen LogP contribution in [0.3, 0.4) is 0 Å². The normalized spacial score (nSPS) is 10.6. The van der Waals surface area contributed by atoms with Crippen molar-refractivity contribution in [2.75, 3.05) is 0 Å². The summed E-state index contributed by atoms with van der Waals surface area (Å²) < 4.78 is 0. The lowest BCUT2D eigenvalue weighted by Gasteiger charge is -2.13. The van der Waals surface area contributed by atoms with Crippen LogP contribution in [-0.4, -0.2) is 5.78 Å². The molecule has 0 spiro atoms. The Balaban J connectivity index is 1.91. The molecule has 0 radical (unpaired) electrons. The molecule has 0 heterocycles. The molecule has 4 aromatic carbocycles. The molecule has 0 unspecified atom stereocenters. The van der Waals surface area contributed by atoms with E-state index in [1.807, 2.05) is 91.0 Å². The first-order chi connectivity index (χ1) is 13.2. The van der Waals surface area contributed by atoms with Gasteiger partial charge >= 0.3 is 0 Å². The molecule has 0 atom stereocenters. The number of benzene rings is 4. The minimum Gasteiger partial charge on any atom is -0.289 e. The van der Waals surface area contributed by atoms with Crippen LogP contribution in [0.2, 0.25) is 5.02 Å². The molecular formula is C25H17ClO. The second-order valence-electron chi connectivity index (χ2n) is 6.30. The van der Waals surface area contributed by atoms with Gasteiger partial charge in [0.05, 0.1) is 0 Å². The van der Waals surface area contributed by atoms with Crippen molar-refractivity contribution in [3.8, 4) is 22.3 Å². The molecule has 27 heavy (non-hydrogen) atoms. The molecule has 0 aromatic heterocycles. The van der Waals surface area contributed by atoms with E-state index in [4.69, 9.17) is 11.6 Å². The van der Waals surface area contributed by atoms with Gasteiger partial charge in [0.15, 0.2) is 5.78 Å². The standard InChI is InChI=1S/C25H17ClO/c26-24-14-8-7-13-21(24)23-17-20(18-9-3-1-4-10-18)15-16-22(23)25(27)19-11-5-2-6-12-19/h1-17H. The van der Waals surface area contributed by atoms with Crippen LogP contribution in [0.4, 0.5) is 0 Å². The SMILES string of the molecule is O=C(c1ccccc1)c1ccc(-c2ccccc2)cc1-c1ccccc1Cl. The van der Waals surface area contributed by atoms with Crippen LogP contribution in [0.25, 0.3) is 22.3 Å². The maximum absolute atomic E-state index is 13.2. The van der Waals surface area contributed by atoms with E-state index >= 15 is 0 Å². The summed E-state index contributed by atoms with van der Waals surface area (Å²) in [5.74, 6) is -0.00914. The van der Waals surface area contributed by atoms with Crippen LogP contribution in [0, 0.1) is 0 Å². The van der Waals surface area contributed by atoms with Crippen molar-refractivity contribution in [1.29, 1.82) is 0 Å². The third-order valence-corrected chi connectivity index (χ3v) is 4.90. The van der Waals surface area contributed by atoms with Crippen molar-refractivity contribution in [1.82, 2.24) is 0 Å². The molecular weight excluding hydrogens is 352 g/mol. The fourth-order valence-corrected chi connectivity index (χ4v) is 3.44. The summed E-state index contributed by atoms with van der Waals surface area (Å²) in [4.78, 5) is 13.2. The van der Waals surface area contributed by atoms with Gasteiger partial charge in [0, 0.05) is 21.7 Å². The molecule has 2 heteroatoms. The number of rotatable bonds is 4. The number of carbonyl (C=O) groups excluding carboxylic acids is 1. The minimum atomic E-state index is -0.00914. The molecule has 1 nitrogen and oxygen atoms in total. The number of halogens is 1. The number of carbonyl (C=O) groups is 1. The lowest BCUT2D eigenvalue weighted by atomic mass is 9.90. The van der Waals surface area contributed by atoms with Gasteiger partial charge in [0.1, 0.15) is 0 Å². The van der Waals surface area contributed by atoms with Crippen molar-refractivity contribution in [3.05, 3.63) is 119 Å². The summed E-state index contributed by atoms with van der Waals surface area (Å²) in [6.07, 6.45) is 0. The van der Waals surface area contributed by atoms with E-state index in [1.165, 1.54) is 0 Å². The van der Waals surface area contributed by atoms with Gasteiger partial charge in [-0.3, -0.25) is 4.79 Å². The first-order valence-electron chi connectivity index (χ1n) is 8.78. The second kappa shape index (κ2) is 7.61. The van der Waals surface area contributed by atoms with Gasteiger partial charge in [-0.05, 0) is 34.9 Å². The van der Waals surface area contributed by atoms with E-state index in [1.54, 1.807) is 0 Å². The first kappa shape index (κ1) is 17.3. The molecule has 0 amide bonds. The van der Waals surface area contributed by atoms with E-state index in [2.05, 4.69) is 12.1 Å². The number of hydrogen-bond acceptors (Lipinski definition) is 1. The van der Waals surface area contributed by atoms with Crippen LogP contribution in [-0.2, 0) is 0 Å². The summed E-state index contributed by atoms with van der Waals surface area (Å²) in [5, 5.41) is 0.629. The average Bonchev–Trinajstić information content (AvgIpc) is 2.74. The van der Waals surface area contributed by atoms with Crippen molar-refractivity contribution in [2.45, 2.75) is 0 Å². The van der Waals surface area contributed by atoms with E-state index < -0.39 is 0 Å². The Labute approximate surface area is 163 Å². The highest BCUT2D eigenvalue weighted by atomic mass is 35.5. The lowest BCUT2D eigenvalue weighted by molar-refractivity contribution is 0.103. The number of hydrogen-bond donors (Lipinski definition) is 0. The van der Waals surface area contributed by atoms with Crippen LogP contribution in [0.15, 0.2) is 103 Å². The lowest BCUT2D eigenvalue weighted by Crippen LogP contribution is -2.04. The maximum Gasteiger partial charge on any atom is 0.193 e. The van der Waals surface area contributed by atoms with Crippen molar-refractivity contribution >= 4 is 17.4 Å². The quantitative estimate of drug-likeness (QED) is 0.358. The zero-order valence-corrected chi connectivity index (χ0v) is 15.4. The predicted molar refractivity (Wildman–Crippen MR) is 112 cm³/mol. The van der Waals surface area contributed by atoms with Gasteiger partial charge in [-0.15, -0.1) is 0 Å². The monoisotopic (exact) mass is 368 g/mol. The largest absolute Gasteiger partial charge is 0.289 e. The maximum atomic E-state index is 13.2. The Morgan fingerprint density at radius 1 is 0.593 bits per heavy atom. The van der Waals surface area contributed by atoms with Gasteiger partial charge < -0.3 is 0 Å². The van der Waals surface area contributed by atoms with Gasteiger partial charge in [0.2, 0.25) is 0 Å². The van der Waals surface area contributed by atoms with E-state index in [9.17, 15) is 4.79 Å². The zero-order valence-electron chi connectivity index (χ0n) is 14.6. The molecule has 0 aliphatic rings. The molecule has 0 saturated carbocycles. The summed E-state index contributed by atoms with van der Waals surface area (Å²) in [6.45, 7) is 0. The minimum absolute atomic E-state index is 0.00914. The van der Waals surface area contributed by atoms with Crippen LogP contribution in [0.5, 0.6) is 0 Å². The third kappa shape index (κ3) is 3.55. The van der Waals surface area contributed by atoms with Crippen LogP contribution < -0.4 is 0 Å². The zero-order chi connectivity index (χ0) is 18.6. The smallest absolute Gasteiger partial charge is 0.193 e. The highest BCUT2D eigenvalue weighted by Crippen LogP contribution is 2.34. The Bertz CT molecular complexity index is 1090. The molecule has 0 N–H and O–H groups in total. The second-order valence-corrected chi connectivity index (χ2v) is 6.71. The fraction of sp³-hybridized carbons (Fsp3) is 0. The Kier molecular flexibility index (Phi) is 4.86. The Hall–Kier alpha value is -3.16. The molecule has 0 aliphatic heterocycles. The van der Waals surface area contributed by atoms with Crippen molar-refractivity contribution in [3.63, 3.8) is 0 Å². The Morgan fingerprint density at radius 3 is 1.93 bits per heavy atom. The van der Waals surface area contributed by atoms with E-state index in [0.29, 0.717) is 16.1 Å². The third-order valence-electron chi connectivity index (χ3n) is 4.57. The van der Waals surface area contributed by atoms with E-state index in [-0.39, 0.29) is 5.78 Å². The highest BCUT2D eigenvalue weighted by Gasteiger charge is 2.17. The first-order valence-corrected chi connectivity index (χ1v) is 9.16. The van der Waals surface area contributed by atoms with Gasteiger partial charge in [-0.1, -0.05) is 96.5 Å². The molecule has 0 bridgehead atoms. The summed E-state index contributed by atoms with van der Waals surface area (Å²) in [7, 11) is 0. The summed E-state index contributed by atoms with van der Waals surface area (Å²) in [6, 6.07) is 33.0. The highest BCUT2D eigenvalue weighted by molar-refractivity contribution is 6.33.